The fourth-order valence-corrected chi connectivity index (χ4v) is 16.6. The van der Waals surface area contributed by atoms with Crippen molar-refractivity contribution in [2.45, 2.75) is 120 Å². The highest BCUT2D eigenvalue weighted by Gasteiger charge is 2.66. The molecule has 10 N–H and O–H groups in total. The lowest BCUT2D eigenvalue weighted by molar-refractivity contribution is -0.205. The second-order valence-electron chi connectivity index (χ2n) is 22.9. The van der Waals surface area contributed by atoms with Crippen LogP contribution in [-0.4, -0.2) is 101 Å². The highest BCUT2D eigenvalue weighted by molar-refractivity contribution is 5.89. The number of rotatable bonds is 11. The van der Waals surface area contributed by atoms with E-state index in [1.54, 1.807) is 12.1 Å². The number of fused-ring (bicyclic) bond motifs is 6. The molecule has 378 valence electrons. The molecule has 1 spiro atoms. The van der Waals surface area contributed by atoms with E-state index in [9.17, 15) is 30.3 Å². The molecule has 2 aliphatic heterocycles. The van der Waals surface area contributed by atoms with Crippen LogP contribution in [0, 0.1) is 76.4 Å². The Morgan fingerprint density at radius 3 is 2.52 bits per heavy atom. The first-order valence-corrected chi connectivity index (χ1v) is 26.9. The van der Waals surface area contributed by atoms with Crippen LogP contribution in [0.4, 0.5) is 0 Å². The third kappa shape index (κ3) is 8.60. The molecule has 0 radical (unpaired) electrons. The Balaban J connectivity index is 0.901. The molecule has 12 heteroatoms. The van der Waals surface area contributed by atoms with Gasteiger partial charge in [0.2, 0.25) is 0 Å². The number of piperidine rings is 1. The number of Topliss-reactive ketones (excluding diaryl/α,β-unsaturated/α-hetero) is 2. The summed E-state index contributed by atoms with van der Waals surface area (Å²) in [6, 6.07) is 18.0. The number of hydrogen-bond acceptors (Lipinski definition) is 12. The molecule has 12 nitrogen and oxygen atoms in total. The van der Waals surface area contributed by atoms with Crippen LogP contribution in [0.5, 0.6) is 11.5 Å². The van der Waals surface area contributed by atoms with Crippen LogP contribution in [0.2, 0.25) is 0 Å². The van der Waals surface area contributed by atoms with E-state index in [-0.39, 0.29) is 84.0 Å². The number of aliphatic hydroxyl groups is 4. The van der Waals surface area contributed by atoms with Crippen LogP contribution >= 0.6 is 0 Å². The van der Waals surface area contributed by atoms with Crippen molar-refractivity contribution in [3.8, 4) is 23.3 Å². The van der Waals surface area contributed by atoms with E-state index in [1.165, 1.54) is 7.11 Å². The van der Waals surface area contributed by atoms with Gasteiger partial charge in [0.1, 0.15) is 11.2 Å². The van der Waals surface area contributed by atoms with Crippen molar-refractivity contribution >= 4 is 22.3 Å². The van der Waals surface area contributed by atoms with Crippen LogP contribution in [0.1, 0.15) is 99.7 Å². The lowest BCUT2D eigenvalue weighted by atomic mass is 9.40. The van der Waals surface area contributed by atoms with Crippen molar-refractivity contribution in [3.05, 3.63) is 94.8 Å². The third-order valence-electron chi connectivity index (χ3n) is 19.6. The molecule has 11 rings (SSSR count). The summed E-state index contributed by atoms with van der Waals surface area (Å²) in [6.07, 6.45) is 5.42. The molecule has 0 amide bonds. The SMILES string of the molecule is CCNCC1C2C(CCC3C2CCC2(C#CC(CC(O)C(O)CC(C4=CCNC(N)=C4)c4ccc5ccccc5c4)c4cc(O)c(OC)cc4CCC2=O)C3O)C2CNC3CC(=O)CC4CC(O)C1C2C43. The van der Waals surface area contributed by atoms with Crippen molar-refractivity contribution in [3.63, 3.8) is 0 Å². The number of ketones is 2. The minimum absolute atomic E-state index is 0.0232. The van der Waals surface area contributed by atoms with Crippen LogP contribution in [0.3, 0.4) is 0 Å². The van der Waals surface area contributed by atoms with Crippen LogP contribution in [0.15, 0.2) is 78.1 Å². The molecule has 3 aromatic rings. The molecule has 5 saturated carbocycles. The summed E-state index contributed by atoms with van der Waals surface area (Å²) < 4.78 is 5.56. The molecule has 6 fully saturated rings. The maximum Gasteiger partial charge on any atom is 0.160 e. The van der Waals surface area contributed by atoms with Gasteiger partial charge in [-0.05, 0) is 181 Å². The number of benzene rings is 3. The summed E-state index contributed by atoms with van der Waals surface area (Å²) in [7, 11) is 1.49. The predicted octanol–water partition coefficient (Wildman–Crippen LogP) is 5.59. The Hall–Kier alpha value is -4.74. The summed E-state index contributed by atoms with van der Waals surface area (Å²) in [5.74, 6) is 9.27. The second-order valence-corrected chi connectivity index (χ2v) is 22.9. The molecule has 8 aliphatic rings. The molecule has 0 bridgehead atoms. The number of phenolic OH excluding ortho intramolecular Hbond substituents is 1. The van der Waals surface area contributed by atoms with Crippen molar-refractivity contribution < 1.29 is 39.9 Å². The van der Waals surface area contributed by atoms with Gasteiger partial charge in [-0.3, -0.25) is 9.59 Å². The third-order valence-corrected chi connectivity index (χ3v) is 19.6. The lowest BCUT2D eigenvalue weighted by Crippen LogP contribution is -2.70. The monoisotopic (exact) mass is 967 g/mol. The molecular weight excluding hydrogens is 893 g/mol. The van der Waals surface area contributed by atoms with E-state index >= 15 is 4.79 Å². The largest absolute Gasteiger partial charge is 0.504 e. The summed E-state index contributed by atoms with van der Waals surface area (Å²) in [6.45, 7) is 5.15. The number of carbonyl (C=O) groups is 2. The van der Waals surface area contributed by atoms with Crippen molar-refractivity contribution in [1.29, 1.82) is 0 Å². The van der Waals surface area contributed by atoms with E-state index in [0.29, 0.717) is 79.5 Å². The minimum Gasteiger partial charge on any atom is -0.504 e. The number of nitrogens with two attached hydrogens (primary N) is 1. The van der Waals surface area contributed by atoms with Gasteiger partial charge in [-0.15, -0.1) is 0 Å². The van der Waals surface area contributed by atoms with Gasteiger partial charge in [0, 0.05) is 43.7 Å². The Morgan fingerprint density at radius 2 is 1.72 bits per heavy atom. The average Bonchev–Trinajstić information content (AvgIpc) is 3.41. The number of aryl methyl sites for hydroxylation is 1. The first kappa shape index (κ1) is 48.5. The van der Waals surface area contributed by atoms with E-state index in [2.05, 4.69) is 71.1 Å². The highest BCUT2D eigenvalue weighted by Crippen LogP contribution is 2.65. The average molecular weight is 967 g/mol. The lowest BCUT2D eigenvalue weighted by Gasteiger charge is -2.67. The Bertz CT molecular complexity index is 2660. The Kier molecular flexibility index (Phi) is 13.4. The van der Waals surface area contributed by atoms with Crippen LogP contribution in [0.25, 0.3) is 10.8 Å². The van der Waals surface area contributed by atoms with Gasteiger partial charge < -0.3 is 52.0 Å². The van der Waals surface area contributed by atoms with Crippen LogP contribution < -0.4 is 26.4 Å². The first-order chi connectivity index (χ1) is 34.4. The molecule has 2 heterocycles. The first-order valence-electron chi connectivity index (χ1n) is 26.9. The van der Waals surface area contributed by atoms with Crippen molar-refractivity contribution in [2.24, 2.45) is 70.3 Å². The van der Waals surface area contributed by atoms with E-state index in [4.69, 9.17) is 10.5 Å². The molecule has 18 unspecified atom stereocenters. The fourth-order valence-electron chi connectivity index (χ4n) is 16.6. The number of hydrogen-bond donors (Lipinski definition) is 9. The quantitative estimate of drug-likeness (QED) is 0.108. The number of ether oxygens (including phenoxy) is 1. The molecule has 71 heavy (non-hydrogen) atoms. The van der Waals surface area contributed by atoms with E-state index in [1.807, 2.05) is 18.2 Å². The number of nitrogens with one attached hydrogen (secondary N) is 3. The normalized spacial score (nSPS) is 37.4. The molecule has 1 saturated heterocycles. The van der Waals surface area contributed by atoms with Crippen LogP contribution in [-0.2, 0) is 16.0 Å². The zero-order chi connectivity index (χ0) is 49.3. The number of aliphatic hydroxyl groups excluding tert-OH is 4. The zero-order valence-corrected chi connectivity index (χ0v) is 41.3. The minimum atomic E-state index is -1.33. The summed E-state index contributed by atoms with van der Waals surface area (Å²) in [4.78, 5) is 27.9. The van der Waals surface area contributed by atoms with Crippen molar-refractivity contribution in [1.82, 2.24) is 16.0 Å². The van der Waals surface area contributed by atoms with Gasteiger partial charge in [0.25, 0.3) is 0 Å². The smallest absolute Gasteiger partial charge is 0.160 e. The standard InChI is InChI=1S/C59H74N4O8/c1-3-61-29-45-55-39(44-30-63-46-26-38(64)21-37-23-50(68)56(45)57(44)54(37)46)11-12-41-40(55)15-18-59(58(41)70)17-14-35(43-28-49(67)51(71-2)24-34(43)10-13-52(59)69)22-47(65)48(66)27-42(36-16-19-62-53(60)25-36)33-9-8-31-6-4-5-7-32(31)20-33/h4-9,16,20,24-25,28,35,37,39-42,44-48,50,54-58,61-63,65-68,70H,3,10-13,15,18-19,21-23,26-27,29-30,60H2,1-2H3. The van der Waals surface area contributed by atoms with Gasteiger partial charge >= 0.3 is 0 Å². The summed E-state index contributed by atoms with van der Waals surface area (Å²) in [5.41, 5.74) is 8.33. The van der Waals surface area contributed by atoms with Crippen molar-refractivity contribution in [2.75, 3.05) is 33.3 Å². The zero-order valence-electron chi connectivity index (χ0n) is 41.3. The number of carbonyl (C=O) groups excluding carboxylic acids is 2. The Morgan fingerprint density at radius 1 is 0.915 bits per heavy atom. The maximum absolute atomic E-state index is 15.0. The van der Waals surface area contributed by atoms with Gasteiger partial charge in [0.15, 0.2) is 17.3 Å². The summed E-state index contributed by atoms with van der Waals surface area (Å²) in [5, 5.41) is 73.6. The van der Waals surface area contributed by atoms with E-state index < -0.39 is 35.7 Å². The van der Waals surface area contributed by atoms with Gasteiger partial charge in [-0.1, -0.05) is 67.3 Å². The van der Waals surface area contributed by atoms with Gasteiger partial charge in [-0.2, -0.15) is 0 Å². The molecule has 3 aromatic carbocycles. The maximum atomic E-state index is 15.0. The number of dihydropyridines is 1. The number of allylic oxidation sites excluding steroid dienone is 2. The molecule has 18 atom stereocenters. The molecule has 6 aliphatic carbocycles. The van der Waals surface area contributed by atoms with E-state index in [0.717, 1.165) is 66.4 Å². The number of methoxy groups -OCH3 is 1. The second kappa shape index (κ2) is 19.6. The number of phenols is 1. The van der Waals surface area contributed by atoms with Gasteiger partial charge in [-0.25, -0.2) is 0 Å². The summed E-state index contributed by atoms with van der Waals surface area (Å²) >= 11 is 0. The number of aromatic hydroxyl groups is 1. The fraction of sp³-hybridized carbons (Fsp3) is 0.593. The molecule has 0 aromatic heterocycles. The topological polar surface area (TPSA) is 207 Å². The Labute approximate surface area is 418 Å². The van der Waals surface area contributed by atoms with Gasteiger partial charge in [0.05, 0.1) is 37.3 Å². The predicted molar refractivity (Wildman–Crippen MR) is 272 cm³/mol. The highest BCUT2D eigenvalue weighted by atomic mass is 16.5. The molecular formula is C59H74N4O8.